The second kappa shape index (κ2) is 9.24. The fourth-order valence-corrected chi connectivity index (χ4v) is 7.32. The highest BCUT2D eigenvalue weighted by Crippen LogP contribution is 2.52. The minimum Gasteiger partial charge on any atom is -0.338 e. The molecule has 4 unspecified atom stereocenters. The third-order valence-electron chi connectivity index (χ3n) is 7.13. The summed E-state index contributed by atoms with van der Waals surface area (Å²) in [5.41, 5.74) is 0.966. The first-order valence-electron chi connectivity index (χ1n) is 11.7. The summed E-state index contributed by atoms with van der Waals surface area (Å²) in [6.07, 6.45) is 0.142. The number of imide groups is 1. The molecule has 0 aliphatic carbocycles. The van der Waals surface area contributed by atoms with Crippen LogP contribution in [0, 0.1) is 18.8 Å². The number of thiophene rings is 2. The van der Waals surface area contributed by atoms with Crippen LogP contribution in [-0.4, -0.2) is 77.1 Å². The highest BCUT2D eigenvalue weighted by Gasteiger charge is 2.65. The molecule has 5 rings (SSSR count). The summed E-state index contributed by atoms with van der Waals surface area (Å²) in [7, 11) is 0. The van der Waals surface area contributed by atoms with Crippen molar-refractivity contribution in [2.45, 2.75) is 32.4 Å². The number of hydrogen-bond acceptors (Lipinski definition) is 7. The lowest BCUT2D eigenvalue weighted by atomic mass is 9.87. The number of fused-ring (bicyclic) bond motifs is 1. The number of nitrogens with zero attached hydrogens (tertiary/aromatic N) is 3. The molecule has 2 aromatic heterocycles. The van der Waals surface area contributed by atoms with Gasteiger partial charge in [0.2, 0.25) is 23.6 Å². The minimum atomic E-state index is -0.977. The van der Waals surface area contributed by atoms with Crippen molar-refractivity contribution in [2.24, 2.45) is 11.8 Å². The standard InChI is InChI=1S/C24H28N4O4S2/c1-3-27-22(30)17-18(23(27)31)20(24(32)26-9-7-25-8-10-26)28(16(29)13-15-5-4-11-33-15)19(17)21-14(2)6-12-34-21/h4-6,11-12,17-20,25H,3,7-10,13H2,1-2H3. The molecule has 1 N–H and O–H groups in total. The normalized spacial score (nSPS) is 26.9. The lowest BCUT2D eigenvalue weighted by Crippen LogP contribution is -2.56. The van der Waals surface area contributed by atoms with Gasteiger partial charge < -0.3 is 15.1 Å². The number of carbonyl (C=O) groups excluding carboxylic acids is 4. The lowest BCUT2D eigenvalue weighted by molar-refractivity contribution is -0.151. The summed E-state index contributed by atoms with van der Waals surface area (Å²) in [6.45, 7) is 6.35. The van der Waals surface area contributed by atoms with Crippen LogP contribution in [0.5, 0.6) is 0 Å². The minimum absolute atomic E-state index is 0.142. The maximum Gasteiger partial charge on any atom is 0.246 e. The molecule has 2 aromatic rings. The van der Waals surface area contributed by atoms with Crippen LogP contribution in [0.2, 0.25) is 0 Å². The van der Waals surface area contributed by atoms with Gasteiger partial charge in [-0.3, -0.25) is 24.1 Å². The number of likely N-dealkylation sites (tertiary alicyclic amines) is 2. The smallest absolute Gasteiger partial charge is 0.246 e. The molecule has 0 radical (unpaired) electrons. The molecular weight excluding hydrogens is 472 g/mol. The fourth-order valence-electron chi connectivity index (χ4n) is 5.55. The van der Waals surface area contributed by atoms with E-state index < -0.39 is 23.9 Å². The van der Waals surface area contributed by atoms with Crippen molar-refractivity contribution in [2.75, 3.05) is 32.7 Å². The molecule has 5 heterocycles. The summed E-state index contributed by atoms with van der Waals surface area (Å²) in [4.78, 5) is 61.2. The molecular formula is C24H28N4O4S2. The molecule has 0 spiro atoms. The number of hydrogen-bond donors (Lipinski definition) is 1. The molecule has 3 saturated heterocycles. The van der Waals surface area contributed by atoms with E-state index in [1.807, 2.05) is 35.9 Å². The van der Waals surface area contributed by atoms with E-state index >= 15 is 0 Å². The zero-order valence-electron chi connectivity index (χ0n) is 19.2. The van der Waals surface area contributed by atoms with Crippen molar-refractivity contribution >= 4 is 46.3 Å². The predicted molar refractivity (Wildman–Crippen MR) is 129 cm³/mol. The van der Waals surface area contributed by atoms with Crippen LogP contribution in [0.25, 0.3) is 0 Å². The monoisotopic (exact) mass is 500 g/mol. The maximum absolute atomic E-state index is 13.9. The van der Waals surface area contributed by atoms with Crippen molar-refractivity contribution in [1.29, 1.82) is 0 Å². The fraction of sp³-hybridized carbons (Fsp3) is 0.500. The predicted octanol–water partition coefficient (Wildman–Crippen LogP) is 1.67. The van der Waals surface area contributed by atoms with Gasteiger partial charge in [-0.15, -0.1) is 22.7 Å². The lowest BCUT2D eigenvalue weighted by Gasteiger charge is -2.36. The highest BCUT2D eigenvalue weighted by atomic mass is 32.1. The number of rotatable bonds is 5. The summed E-state index contributed by atoms with van der Waals surface area (Å²) in [5.74, 6) is -2.65. The number of amides is 4. The number of piperazine rings is 1. The average Bonchev–Trinajstić information content (AvgIpc) is 3.60. The van der Waals surface area contributed by atoms with Gasteiger partial charge in [0.05, 0.1) is 24.3 Å². The maximum atomic E-state index is 13.9. The van der Waals surface area contributed by atoms with Crippen LogP contribution in [0.1, 0.15) is 28.3 Å². The summed E-state index contributed by atoms with van der Waals surface area (Å²) in [5, 5.41) is 7.09. The Labute approximate surface area is 206 Å². The van der Waals surface area contributed by atoms with Gasteiger partial charge in [0.15, 0.2) is 0 Å². The van der Waals surface area contributed by atoms with Crippen molar-refractivity contribution in [3.63, 3.8) is 0 Å². The third-order valence-corrected chi connectivity index (χ3v) is 9.10. The largest absolute Gasteiger partial charge is 0.338 e. The Kier molecular flexibility index (Phi) is 6.30. The van der Waals surface area contributed by atoms with Gasteiger partial charge in [0.25, 0.3) is 0 Å². The van der Waals surface area contributed by atoms with E-state index in [9.17, 15) is 19.2 Å². The zero-order chi connectivity index (χ0) is 24.0. The van der Waals surface area contributed by atoms with Crippen molar-refractivity contribution in [3.8, 4) is 0 Å². The molecule has 3 aliphatic heterocycles. The van der Waals surface area contributed by atoms with Gasteiger partial charge in [-0.25, -0.2) is 0 Å². The van der Waals surface area contributed by atoms with Crippen molar-refractivity contribution < 1.29 is 19.2 Å². The van der Waals surface area contributed by atoms with Crippen LogP contribution < -0.4 is 5.32 Å². The second-order valence-electron chi connectivity index (χ2n) is 8.96. The molecule has 3 aliphatic rings. The van der Waals surface area contributed by atoms with E-state index in [1.54, 1.807) is 16.7 Å². The summed E-state index contributed by atoms with van der Waals surface area (Å²) < 4.78 is 0. The summed E-state index contributed by atoms with van der Waals surface area (Å²) >= 11 is 2.96. The van der Waals surface area contributed by atoms with E-state index in [-0.39, 0.29) is 36.6 Å². The Bertz CT molecular complexity index is 1110. The van der Waals surface area contributed by atoms with E-state index in [0.29, 0.717) is 26.2 Å². The first kappa shape index (κ1) is 23.2. The molecule has 10 heteroatoms. The molecule has 0 aromatic carbocycles. The first-order chi connectivity index (χ1) is 16.4. The van der Waals surface area contributed by atoms with Crippen molar-refractivity contribution in [3.05, 3.63) is 44.3 Å². The second-order valence-corrected chi connectivity index (χ2v) is 10.9. The van der Waals surface area contributed by atoms with Crippen molar-refractivity contribution in [1.82, 2.24) is 20.0 Å². The van der Waals surface area contributed by atoms with Crippen LogP contribution in [0.15, 0.2) is 29.0 Å². The van der Waals surface area contributed by atoms with E-state index in [1.165, 1.54) is 27.6 Å². The molecule has 180 valence electrons. The number of nitrogens with one attached hydrogen (secondary N) is 1. The number of carbonyl (C=O) groups is 4. The molecule has 8 nitrogen and oxygen atoms in total. The number of aryl methyl sites for hydroxylation is 1. The van der Waals surface area contributed by atoms with E-state index in [0.717, 1.165) is 15.3 Å². The third kappa shape index (κ3) is 3.68. The highest BCUT2D eigenvalue weighted by molar-refractivity contribution is 7.10. The van der Waals surface area contributed by atoms with Gasteiger partial charge in [0, 0.05) is 42.5 Å². The molecule has 4 atom stereocenters. The van der Waals surface area contributed by atoms with Gasteiger partial charge in [0.1, 0.15) is 6.04 Å². The van der Waals surface area contributed by atoms with Gasteiger partial charge in [-0.1, -0.05) is 6.07 Å². The average molecular weight is 501 g/mol. The SMILES string of the molecule is CCN1C(=O)C2C(C1=O)C(c1sccc1C)N(C(=O)Cc1cccs1)C2C(=O)N1CCNCC1. The van der Waals surface area contributed by atoms with E-state index in [2.05, 4.69) is 5.32 Å². The zero-order valence-corrected chi connectivity index (χ0v) is 20.9. The Morgan fingerprint density at radius 2 is 1.79 bits per heavy atom. The summed E-state index contributed by atoms with van der Waals surface area (Å²) in [6, 6.07) is 4.15. The molecule has 0 bridgehead atoms. The molecule has 4 amide bonds. The Hall–Kier alpha value is -2.56. The van der Waals surface area contributed by atoms with Crippen LogP contribution in [0.3, 0.4) is 0 Å². The van der Waals surface area contributed by atoms with Crippen LogP contribution in [-0.2, 0) is 25.6 Å². The Morgan fingerprint density at radius 3 is 2.41 bits per heavy atom. The van der Waals surface area contributed by atoms with Gasteiger partial charge in [-0.05, 0) is 42.3 Å². The van der Waals surface area contributed by atoms with Crippen LogP contribution >= 0.6 is 22.7 Å². The molecule has 3 fully saturated rings. The molecule has 0 saturated carbocycles. The van der Waals surface area contributed by atoms with Gasteiger partial charge in [-0.2, -0.15) is 0 Å². The van der Waals surface area contributed by atoms with E-state index in [4.69, 9.17) is 0 Å². The van der Waals surface area contributed by atoms with Gasteiger partial charge >= 0.3 is 0 Å². The quantitative estimate of drug-likeness (QED) is 0.631. The van der Waals surface area contributed by atoms with Crippen LogP contribution in [0.4, 0.5) is 0 Å². The first-order valence-corrected chi connectivity index (χ1v) is 13.4. The Morgan fingerprint density at radius 1 is 1.06 bits per heavy atom. The Balaban J connectivity index is 1.62. The molecule has 34 heavy (non-hydrogen) atoms. The topological polar surface area (TPSA) is 90.0 Å².